The van der Waals surface area contributed by atoms with E-state index in [9.17, 15) is 0 Å². The van der Waals surface area contributed by atoms with Gasteiger partial charge in [-0.2, -0.15) is 15.8 Å². The Kier molecular flexibility index (Phi) is 22.4. The van der Waals surface area contributed by atoms with E-state index in [1.165, 1.54) is 106 Å². The van der Waals surface area contributed by atoms with Crippen molar-refractivity contribution in [3.63, 3.8) is 0 Å². The van der Waals surface area contributed by atoms with Crippen molar-refractivity contribution in [2.24, 2.45) is 0 Å². The van der Waals surface area contributed by atoms with Crippen LogP contribution in [0.4, 0.5) is 28.4 Å². The molecule has 506 valence electrons. The highest BCUT2D eigenvalue weighted by Crippen LogP contribution is 2.38. The van der Waals surface area contributed by atoms with Gasteiger partial charge in [-0.1, -0.05) is 146 Å². The molecule has 4 heterocycles. The first kappa shape index (κ1) is 72.3. The number of benzene rings is 15. The third-order valence-electron chi connectivity index (χ3n) is 18.3. The zero-order chi connectivity index (χ0) is 71.6. The van der Waals surface area contributed by atoms with E-state index in [1.54, 1.807) is 24.3 Å². The molecule has 107 heavy (non-hydrogen) atoms. The van der Waals surface area contributed by atoms with Gasteiger partial charge in [0.25, 0.3) is 0 Å². The number of nitrogens with one attached hydrogen (secondary N) is 2. The van der Waals surface area contributed by atoms with Gasteiger partial charge in [-0.05, 0) is 264 Å². The first-order chi connectivity index (χ1) is 51.7. The predicted molar refractivity (Wildman–Crippen MR) is 465 cm³/mol. The Balaban J connectivity index is 0.000000122. The lowest BCUT2D eigenvalue weighted by Crippen LogP contribution is -1.93. The molecule has 0 aliphatic rings. The zero-order valence-electron chi connectivity index (χ0n) is 57.8. The summed E-state index contributed by atoms with van der Waals surface area (Å²) in [5.41, 5.74) is 26.5. The Morgan fingerprint density at radius 2 is 0.458 bits per heavy atom. The summed E-state index contributed by atoms with van der Waals surface area (Å²) in [5, 5.41) is 43.3. The molecule has 0 fully saturated rings. The lowest BCUT2D eigenvalue weighted by molar-refractivity contribution is 1.18. The molecule has 4 aromatic heterocycles. The van der Waals surface area contributed by atoms with Crippen molar-refractivity contribution < 1.29 is 0 Å². The van der Waals surface area contributed by atoms with Gasteiger partial charge < -0.3 is 34.6 Å². The molecule has 0 aliphatic heterocycles. The normalized spacial score (nSPS) is 10.6. The molecule has 0 aliphatic carbocycles. The molecule has 0 saturated carbocycles. The number of nitriles is 3. The lowest BCUT2D eigenvalue weighted by atomic mass is 10.1. The van der Waals surface area contributed by atoms with E-state index in [0.29, 0.717) is 22.4 Å². The molecular formula is C93H64B2I2N10. The first-order valence-corrected chi connectivity index (χ1v) is 36.3. The molecule has 0 amide bonds. The topological polar surface area (TPSA) is 141 Å². The van der Waals surface area contributed by atoms with Crippen molar-refractivity contribution in [2.75, 3.05) is 16.4 Å². The van der Waals surface area contributed by atoms with Crippen molar-refractivity contribution >= 4 is 178 Å². The Hall–Kier alpha value is -13.0. The monoisotopic (exact) mass is 1600 g/mol. The maximum Gasteiger partial charge on any atom is 0.0991 e. The Morgan fingerprint density at radius 1 is 0.234 bits per heavy atom. The standard InChI is InChI=1S/2C25H17N3.2C18H12IN.C7H6N2.2B/c2*26-17-18-10-12-19(13-11-18)27-20-14-15-25-23(16-20)22-8-4-5-9-24(22)28(25)21-6-2-1-3-7-21;2*19-13-10-11-18-16(12-13)15-8-4-5-9-17(15)20(18)14-6-2-1-3-7-14;8-5-6-1-3-7(9)4-2-6;;/h2*1-16,27H;2*1-12H;1-4H,9H2;;. The fraction of sp³-hybridized carbons (Fsp3) is 0. The maximum absolute atomic E-state index is 8.96. The summed E-state index contributed by atoms with van der Waals surface area (Å²) < 4.78 is 11.8. The Labute approximate surface area is 651 Å². The molecule has 4 N–H and O–H groups in total. The number of nitrogen functional groups attached to an aromatic ring is 1. The summed E-state index contributed by atoms with van der Waals surface area (Å²) in [6.07, 6.45) is 0. The second-order valence-electron chi connectivity index (χ2n) is 24.9. The summed E-state index contributed by atoms with van der Waals surface area (Å²) in [6.45, 7) is 0. The van der Waals surface area contributed by atoms with Gasteiger partial charge in [0.05, 0.1) is 79.0 Å². The summed E-state index contributed by atoms with van der Waals surface area (Å²) in [7, 11) is 0. The molecule has 15 aromatic carbocycles. The second-order valence-corrected chi connectivity index (χ2v) is 27.4. The number of rotatable bonds is 8. The number of anilines is 5. The fourth-order valence-electron chi connectivity index (χ4n) is 13.6. The van der Waals surface area contributed by atoms with Crippen LogP contribution in [0.25, 0.3) is 110 Å². The third kappa shape index (κ3) is 15.5. The molecular weight excluding hydrogens is 1530 g/mol. The number of nitrogens with two attached hydrogens (primary N) is 1. The lowest BCUT2D eigenvalue weighted by Gasteiger charge is -2.09. The molecule has 10 nitrogen and oxygen atoms in total. The van der Waals surface area contributed by atoms with E-state index in [4.69, 9.17) is 21.5 Å². The molecule has 19 aromatic rings. The minimum absolute atomic E-state index is 0. The van der Waals surface area contributed by atoms with Crippen LogP contribution in [0.2, 0.25) is 0 Å². The van der Waals surface area contributed by atoms with Crippen LogP contribution in [0, 0.1) is 41.1 Å². The smallest absolute Gasteiger partial charge is 0.0991 e. The van der Waals surface area contributed by atoms with E-state index < -0.39 is 0 Å². The average molecular weight is 1600 g/mol. The SMILES string of the molecule is Ic1ccc2c(c1)c1ccccc1n2-c1ccccc1.Ic1ccc2c(c1)c1ccccc1n2-c1ccccc1.N#Cc1ccc(N)cc1.N#Cc1ccc(Nc2ccc3c(c2)c2ccccc2n3-c2ccccc2)cc1.N#Cc1ccc(Nc2ccc3c(c2)c2ccccc2n3-c2ccccc2)cc1.[B].[B]. The Bertz CT molecular complexity index is 6090. The highest BCUT2D eigenvalue weighted by Gasteiger charge is 2.17. The number of hydrogen-bond acceptors (Lipinski definition) is 6. The van der Waals surface area contributed by atoms with Gasteiger partial charge in [0.1, 0.15) is 0 Å². The van der Waals surface area contributed by atoms with Crippen molar-refractivity contribution in [2.45, 2.75) is 0 Å². The van der Waals surface area contributed by atoms with Crippen LogP contribution in [0.15, 0.2) is 364 Å². The minimum Gasteiger partial charge on any atom is -0.399 e. The predicted octanol–water partition coefficient (Wildman–Crippen LogP) is 24.0. The van der Waals surface area contributed by atoms with Gasteiger partial charge in [-0.15, -0.1) is 0 Å². The van der Waals surface area contributed by atoms with Crippen molar-refractivity contribution in [1.29, 1.82) is 15.8 Å². The average Bonchev–Trinajstić information content (AvgIpc) is 1.62. The van der Waals surface area contributed by atoms with E-state index in [-0.39, 0.29) is 16.8 Å². The number of nitrogens with zero attached hydrogens (tertiary/aromatic N) is 7. The van der Waals surface area contributed by atoms with E-state index in [0.717, 1.165) is 34.1 Å². The van der Waals surface area contributed by atoms with Crippen LogP contribution >= 0.6 is 45.2 Å². The maximum atomic E-state index is 8.96. The summed E-state index contributed by atoms with van der Waals surface area (Å²) in [6, 6.07) is 130. The zero-order valence-corrected chi connectivity index (χ0v) is 62.1. The van der Waals surface area contributed by atoms with Crippen LogP contribution in [0.5, 0.6) is 0 Å². The van der Waals surface area contributed by atoms with Crippen LogP contribution in [0.3, 0.4) is 0 Å². The largest absolute Gasteiger partial charge is 0.399 e. The molecule has 0 saturated heterocycles. The van der Waals surface area contributed by atoms with E-state index >= 15 is 0 Å². The molecule has 0 spiro atoms. The number of fused-ring (bicyclic) bond motifs is 12. The van der Waals surface area contributed by atoms with E-state index in [2.05, 4.69) is 365 Å². The van der Waals surface area contributed by atoms with Crippen LogP contribution in [0.1, 0.15) is 16.7 Å². The number of hydrogen-bond donors (Lipinski definition) is 3. The highest BCUT2D eigenvalue weighted by atomic mass is 127. The van der Waals surface area contributed by atoms with Gasteiger partial charge in [-0.25, -0.2) is 0 Å². The molecule has 19 rings (SSSR count). The number of para-hydroxylation sites is 8. The molecule has 0 unspecified atom stereocenters. The van der Waals surface area contributed by atoms with Gasteiger partial charge in [0.2, 0.25) is 0 Å². The van der Waals surface area contributed by atoms with Gasteiger partial charge in [-0.3, -0.25) is 0 Å². The summed E-state index contributed by atoms with van der Waals surface area (Å²) in [4.78, 5) is 0. The highest BCUT2D eigenvalue weighted by molar-refractivity contribution is 14.1. The minimum atomic E-state index is 0. The second kappa shape index (κ2) is 33.2. The molecule has 0 bridgehead atoms. The van der Waals surface area contributed by atoms with Gasteiger partial charge >= 0.3 is 0 Å². The fourth-order valence-corrected chi connectivity index (χ4v) is 14.5. The first-order valence-electron chi connectivity index (χ1n) is 34.1. The quantitative estimate of drug-likeness (QED) is 0.0786. The van der Waals surface area contributed by atoms with Gasteiger partial charge in [0.15, 0.2) is 0 Å². The number of aromatic nitrogens is 4. The van der Waals surface area contributed by atoms with Crippen LogP contribution in [-0.2, 0) is 0 Å². The van der Waals surface area contributed by atoms with Crippen molar-refractivity contribution in [3.8, 4) is 41.0 Å². The number of halogens is 2. The van der Waals surface area contributed by atoms with Gasteiger partial charge in [0, 0.05) is 118 Å². The summed E-state index contributed by atoms with van der Waals surface area (Å²) in [5.74, 6) is 0. The third-order valence-corrected chi connectivity index (χ3v) is 19.7. The van der Waals surface area contributed by atoms with Crippen LogP contribution in [-0.4, -0.2) is 35.1 Å². The van der Waals surface area contributed by atoms with E-state index in [1.807, 2.05) is 66.7 Å². The molecule has 6 radical (unpaired) electrons. The molecule has 0 atom stereocenters. The Morgan fingerprint density at radius 3 is 0.738 bits per heavy atom. The van der Waals surface area contributed by atoms with Crippen molar-refractivity contribution in [1.82, 2.24) is 18.3 Å². The molecule has 14 heteroatoms. The summed E-state index contributed by atoms with van der Waals surface area (Å²) >= 11 is 4.75. The van der Waals surface area contributed by atoms with Crippen molar-refractivity contribution in [3.05, 3.63) is 388 Å². The van der Waals surface area contributed by atoms with Crippen LogP contribution < -0.4 is 16.4 Å².